The van der Waals surface area contributed by atoms with Crippen LogP contribution in [0, 0.1) is 23.3 Å². The van der Waals surface area contributed by atoms with Gasteiger partial charge in [0.2, 0.25) is 0 Å². The number of benzene rings is 3. The van der Waals surface area contributed by atoms with E-state index in [-0.39, 0.29) is 29.0 Å². The van der Waals surface area contributed by atoms with Crippen LogP contribution in [0.1, 0.15) is 15.9 Å². The van der Waals surface area contributed by atoms with E-state index >= 15 is 0 Å². The SMILES string of the molecule is O=Cc1cccc2c1nc(-c1c(F)cccc1F)n2Cc1c(F)cccc1F. The average molecular weight is 384 g/mol. The van der Waals surface area contributed by atoms with Crippen LogP contribution in [-0.4, -0.2) is 15.8 Å². The highest BCUT2D eigenvalue weighted by Gasteiger charge is 2.22. The van der Waals surface area contributed by atoms with Crippen molar-refractivity contribution in [2.75, 3.05) is 0 Å². The van der Waals surface area contributed by atoms with Gasteiger partial charge in [0.1, 0.15) is 29.1 Å². The number of hydrogen-bond donors (Lipinski definition) is 0. The molecule has 28 heavy (non-hydrogen) atoms. The Morgan fingerprint density at radius 2 is 1.39 bits per heavy atom. The van der Waals surface area contributed by atoms with Crippen LogP contribution in [0.5, 0.6) is 0 Å². The van der Waals surface area contributed by atoms with Gasteiger partial charge in [-0.2, -0.15) is 0 Å². The molecule has 0 aliphatic rings. The van der Waals surface area contributed by atoms with Crippen LogP contribution in [0.3, 0.4) is 0 Å². The highest BCUT2D eigenvalue weighted by molar-refractivity contribution is 5.96. The fraction of sp³-hybridized carbons (Fsp3) is 0.0476. The third kappa shape index (κ3) is 2.85. The number of fused-ring (bicyclic) bond motifs is 1. The monoisotopic (exact) mass is 384 g/mol. The smallest absolute Gasteiger partial charge is 0.152 e. The van der Waals surface area contributed by atoms with Gasteiger partial charge in [-0.3, -0.25) is 4.79 Å². The number of nitrogens with zero attached hydrogens (tertiary/aromatic N) is 2. The lowest BCUT2D eigenvalue weighted by Gasteiger charge is -2.12. The molecular weight excluding hydrogens is 372 g/mol. The third-order valence-corrected chi connectivity index (χ3v) is 4.50. The third-order valence-electron chi connectivity index (χ3n) is 4.50. The normalized spacial score (nSPS) is 11.1. The van der Waals surface area contributed by atoms with E-state index in [1.165, 1.54) is 22.8 Å². The lowest BCUT2D eigenvalue weighted by molar-refractivity contribution is 0.112. The van der Waals surface area contributed by atoms with Gasteiger partial charge in [0.15, 0.2) is 6.29 Å². The summed E-state index contributed by atoms with van der Waals surface area (Å²) in [6, 6.07) is 11.4. The van der Waals surface area contributed by atoms with Gasteiger partial charge >= 0.3 is 0 Å². The molecule has 7 heteroatoms. The summed E-state index contributed by atoms with van der Waals surface area (Å²) < 4.78 is 58.5. The molecule has 0 aliphatic heterocycles. The fourth-order valence-corrected chi connectivity index (χ4v) is 3.17. The first-order valence-corrected chi connectivity index (χ1v) is 8.33. The van der Waals surface area contributed by atoms with E-state index in [1.54, 1.807) is 12.1 Å². The van der Waals surface area contributed by atoms with Gasteiger partial charge in [0, 0.05) is 11.1 Å². The minimum Gasteiger partial charge on any atom is -0.319 e. The second kappa shape index (κ2) is 6.92. The van der Waals surface area contributed by atoms with Crippen LogP contribution in [0.15, 0.2) is 54.6 Å². The zero-order chi connectivity index (χ0) is 19.8. The first kappa shape index (κ1) is 17.9. The van der Waals surface area contributed by atoms with Crippen molar-refractivity contribution in [2.45, 2.75) is 6.54 Å². The molecule has 0 atom stereocenters. The predicted molar refractivity (Wildman–Crippen MR) is 95.9 cm³/mol. The van der Waals surface area contributed by atoms with Crippen molar-refractivity contribution < 1.29 is 22.4 Å². The maximum absolute atomic E-state index is 14.4. The molecule has 0 bridgehead atoms. The molecule has 0 saturated heterocycles. The van der Waals surface area contributed by atoms with Crippen molar-refractivity contribution in [1.82, 2.24) is 9.55 Å². The Balaban J connectivity index is 2.05. The van der Waals surface area contributed by atoms with E-state index in [2.05, 4.69) is 4.98 Å². The maximum Gasteiger partial charge on any atom is 0.152 e. The van der Waals surface area contributed by atoms with Crippen LogP contribution in [0.25, 0.3) is 22.4 Å². The highest BCUT2D eigenvalue weighted by atomic mass is 19.1. The Bertz CT molecular complexity index is 1180. The Morgan fingerprint density at radius 1 is 0.821 bits per heavy atom. The molecule has 1 heterocycles. The average Bonchev–Trinajstić information content (AvgIpc) is 3.03. The summed E-state index contributed by atoms with van der Waals surface area (Å²) in [7, 11) is 0. The van der Waals surface area contributed by atoms with Gasteiger partial charge in [-0.1, -0.05) is 18.2 Å². The summed E-state index contributed by atoms with van der Waals surface area (Å²) in [6.07, 6.45) is 0.560. The first-order valence-electron chi connectivity index (χ1n) is 8.33. The number of carbonyl (C=O) groups is 1. The topological polar surface area (TPSA) is 34.9 Å². The van der Waals surface area contributed by atoms with Gasteiger partial charge in [0.05, 0.1) is 23.1 Å². The summed E-state index contributed by atoms with van der Waals surface area (Å²) in [5.41, 5.74) is -0.0105. The molecule has 0 unspecified atom stereocenters. The Hall–Kier alpha value is -3.48. The number of imidazole rings is 1. The van der Waals surface area contributed by atoms with Crippen molar-refractivity contribution in [2.24, 2.45) is 0 Å². The van der Waals surface area contributed by atoms with E-state index in [0.29, 0.717) is 11.8 Å². The van der Waals surface area contributed by atoms with E-state index in [9.17, 15) is 22.4 Å². The minimum atomic E-state index is -0.877. The van der Waals surface area contributed by atoms with Crippen molar-refractivity contribution in [3.63, 3.8) is 0 Å². The first-order chi connectivity index (χ1) is 13.5. The lowest BCUT2D eigenvalue weighted by Crippen LogP contribution is -2.08. The van der Waals surface area contributed by atoms with Gasteiger partial charge in [-0.05, 0) is 36.4 Å². The summed E-state index contributed by atoms with van der Waals surface area (Å²) in [4.78, 5) is 15.6. The number of rotatable bonds is 4. The molecule has 0 aliphatic carbocycles. The van der Waals surface area contributed by atoms with E-state index < -0.39 is 28.8 Å². The van der Waals surface area contributed by atoms with Gasteiger partial charge < -0.3 is 4.57 Å². The molecule has 0 N–H and O–H groups in total. The Morgan fingerprint density at radius 3 is 2.00 bits per heavy atom. The van der Waals surface area contributed by atoms with E-state index in [4.69, 9.17) is 0 Å². The van der Waals surface area contributed by atoms with E-state index in [0.717, 1.165) is 24.3 Å². The second-order valence-electron chi connectivity index (χ2n) is 6.15. The zero-order valence-electron chi connectivity index (χ0n) is 14.3. The maximum atomic E-state index is 14.4. The standard InChI is InChI=1S/C21H12F4N2O/c22-14-5-2-6-15(23)13(14)10-27-18-9-1-4-12(11-28)20(18)26-21(27)19-16(24)7-3-8-17(19)25/h1-9,11H,10H2. The minimum absolute atomic E-state index is 0.164. The lowest BCUT2D eigenvalue weighted by atomic mass is 10.1. The predicted octanol–water partition coefficient (Wildman–Crippen LogP) is 5.12. The quantitative estimate of drug-likeness (QED) is 0.362. The van der Waals surface area contributed by atoms with Gasteiger partial charge in [-0.15, -0.1) is 0 Å². The number of aldehydes is 1. The van der Waals surface area contributed by atoms with Crippen LogP contribution < -0.4 is 0 Å². The summed E-state index contributed by atoms with van der Waals surface area (Å²) >= 11 is 0. The zero-order valence-corrected chi connectivity index (χ0v) is 14.3. The molecule has 0 amide bonds. The van der Waals surface area contributed by atoms with Crippen LogP contribution in [0.4, 0.5) is 17.6 Å². The summed E-state index contributed by atoms with van der Waals surface area (Å²) in [5.74, 6) is -3.51. The molecule has 4 aromatic rings. The molecule has 3 aromatic carbocycles. The Labute approximate surface area is 156 Å². The summed E-state index contributed by atoms with van der Waals surface area (Å²) in [6.45, 7) is -0.361. The largest absolute Gasteiger partial charge is 0.319 e. The Kier molecular flexibility index (Phi) is 4.43. The fourth-order valence-electron chi connectivity index (χ4n) is 3.17. The van der Waals surface area contributed by atoms with E-state index in [1.807, 2.05) is 0 Å². The van der Waals surface area contributed by atoms with Crippen molar-refractivity contribution in [3.8, 4) is 11.4 Å². The highest BCUT2D eigenvalue weighted by Crippen LogP contribution is 2.31. The van der Waals surface area contributed by atoms with Crippen LogP contribution in [0.2, 0.25) is 0 Å². The van der Waals surface area contributed by atoms with Crippen molar-refractivity contribution in [1.29, 1.82) is 0 Å². The van der Waals surface area contributed by atoms with Crippen LogP contribution in [-0.2, 0) is 6.54 Å². The van der Waals surface area contributed by atoms with Gasteiger partial charge in [0.25, 0.3) is 0 Å². The molecule has 0 fully saturated rings. The number of halogens is 4. The molecule has 0 radical (unpaired) electrons. The molecule has 4 rings (SSSR count). The molecule has 0 spiro atoms. The number of para-hydroxylation sites is 1. The number of hydrogen-bond acceptors (Lipinski definition) is 2. The molecular formula is C21H12F4N2O. The number of aromatic nitrogens is 2. The molecule has 3 nitrogen and oxygen atoms in total. The molecule has 1 aromatic heterocycles. The molecule has 0 saturated carbocycles. The number of carbonyl (C=O) groups excluding carboxylic acids is 1. The van der Waals surface area contributed by atoms with Crippen molar-refractivity contribution in [3.05, 3.63) is 89.0 Å². The second-order valence-corrected chi connectivity index (χ2v) is 6.15. The van der Waals surface area contributed by atoms with Crippen LogP contribution >= 0.6 is 0 Å². The summed E-state index contributed by atoms with van der Waals surface area (Å²) in [5, 5.41) is 0. The van der Waals surface area contributed by atoms with Crippen molar-refractivity contribution >= 4 is 17.3 Å². The van der Waals surface area contributed by atoms with Gasteiger partial charge in [-0.25, -0.2) is 22.5 Å². The molecule has 140 valence electrons.